The van der Waals surface area contributed by atoms with Gasteiger partial charge in [-0.25, -0.2) is 4.79 Å². The maximum atomic E-state index is 10.9. The molecular formula is C24H24N2O6. The van der Waals surface area contributed by atoms with E-state index in [1.165, 1.54) is 12.1 Å². The Morgan fingerprint density at radius 1 is 1.00 bits per heavy atom. The fourth-order valence-corrected chi connectivity index (χ4v) is 3.09. The highest BCUT2D eigenvalue weighted by Crippen LogP contribution is 2.26. The van der Waals surface area contributed by atoms with E-state index >= 15 is 0 Å². The van der Waals surface area contributed by atoms with Gasteiger partial charge in [0.15, 0.2) is 0 Å². The van der Waals surface area contributed by atoms with Crippen LogP contribution in [0, 0.1) is 0 Å². The van der Waals surface area contributed by atoms with Crippen LogP contribution in [0.2, 0.25) is 0 Å². The number of aromatic hydroxyl groups is 1. The number of carbonyl (C=O) groups is 2. The van der Waals surface area contributed by atoms with Crippen LogP contribution in [0.25, 0.3) is 11.1 Å². The number of aromatic carboxylic acids is 1. The number of carboxylic acid groups (broad SMARTS) is 1. The first-order chi connectivity index (χ1) is 15.5. The van der Waals surface area contributed by atoms with Crippen LogP contribution in [0.3, 0.4) is 0 Å². The first-order valence-electron chi connectivity index (χ1n) is 9.96. The number of nitrogens with one attached hydrogen (secondary N) is 2. The van der Waals surface area contributed by atoms with Gasteiger partial charge in [0, 0.05) is 13.1 Å². The molecule has 8 nitrogen and oxygen atoms in total. The van der Waals surface area contributed by atoms with E-state index in [0.717, 1.165) is 11.1 Å². The van der Waals surface area contributed by atoms with E-state index in [1.807, 2.05) is 24.3 Å². The highest BCUT2D eigenvalue weighted by molar-refractivity contribution is 5.88. The van der Waals surface area contributed by atoms with Crippen LogP contribution in [-0.2, 0) is 4.79 Å². The summed E-state index contributed by atoms with van der Waals surface area (Å²) in [6, 6.07) is 18.7. The van der Waals surface area contributed by atoms with Crippen LogP contribution in [0.4, 0.5) is 5.69 Å². The maximum Gasteiger partial charge on any atom is 0.335 e. The molecule has 0 radical (unpaired) electrons. The number of aliphatic hydroxyl groups excluding tert-OH is 1. The van der Waals surface area contributed by atoms with Crippen LogP contribution in [-0.4, -0.2) is 47.4 Å². The maximum absolute atomic E-state index is 10.9. The van der Waals surface area contributed by atoms with Crippen molar-refractivity contribution in [2.24, 2.45) is 0 Å². The standard InChI is InChI=1S/C24H24N2O6/c27-15-26-21-13-19(7-10-22(21)28)23(29)14-25-11-12-32-20-8-5-17(6-9-20)16-1-3-18(4-2-16)24(30)31/h1-10,13,15,23,25,28-29H,11-12,14H2,(H,26,27)(H,30,31). The Labute approximate surface area is 185 Å². The SMILES string of the molecule is O=CNc1cc(C(O)CNCCOc2ccc(-c3ccc(C(=O)O)cc3)cc2)ccc1O. The van der Waals surface area contributed by atoms with Crippen LogP contribution in [0.5, 0.6) is 11.5 Å². The number of hydrogen-bond acceptors (Lipinski definition) is 6. The second-order valence-corrected chi connectivity index (χ2v) is 7.01. The number of aliphatic hydroxyl groups is 1. The Morgan fingerprint density at radius 3 is 2.28 bits per heavy atom. The first-order valence-corrected chi connectivity index (χ1v) is 9.96. The van der Waals surface area contributed by atoms with Crippen molar-refractivity contribution in [2.45, 2.75) is 6.10 Å². The zero-order chi connectivity index (χ0) is 22.9. The van der Waals surface area contributed by atoms with Crippen molar-refractivity contribution in [3.8, 4) is 22.6 Å². The summed E-state index contributed by atoms with van der Waals surface area (Å²) in [5.41, 5.74) is 2.91. The van der Waals surface area contributed by atoms with Crippen LogP contribution in [0.15, 0.2) is 66.7 Å². The van der Waals surface area contributed by atoms with E-state index < -0.39 is 12.1 Å². The number of rotatable bonds is 11. The molecule has 32 heavy (non-hydrogen) atoms. The summed E-state index contributed by atoms with van der Waals surface area (Å²) in [6.07, 6.45) is -0.350. The minimum Gasteiger partial charge on any atom is -0.506 e. The second-order valence-electron chi connectivity index (χ2n) is 7.01. The number of phenolic OH excluding ortho intramolecular Hbond substituents is 1. The van der Waals surface area contributed by atoms with E-state index in [4.69, 9.17) is 9.84 Å². The number of hydrogen-bond donors (Lipinski definition) is 5. The van der Waals surface area contributed by atoms with E-state index in [-0.39, 0.29) is 23.5 Å². The minimum absolute atomic E-state index is 0.0716. The third-order valence-corrected chi connectivity index (χ3v) is 4.82. The van der Waals surface area contributed by atoms with E-state index in [0.29, 0.717) is 30.9 Å². The number of ether oxygens (including phenoxy) is 1. The normalized spacial score (nSPS) is 11.5. The summed E-state index contributed by atoms with van der Waals surface area (Å²) in [5, 5.41) is 34.4. The topological polar surface area (TPSA) is 128 Å². The Kier molecular flexibility index (Phi) is 7.80. The largest absolute Gasteiger partial charge is 0.506 e. The fourth-order valence-electron chi connectivity index (χ4n) is 3.09. The molecule has 1 amide bonds. The van der Waals surface area contributed by atoms with Gasteiger partial charge in [-0.15, -0.1) is 0 Å². The summed E-state index contributed by atoms with van der Waals surface area (Å²) in [5.74, 6) is -0.330. The molecule has 3 aromatic rings. The average Bonchev–Trinajstić information content (AvgIpc) is 2.81. The summed E-state index contributed by atoms with van der Waals surface area (Å²) >= 11 is 0. The van der Waals surface area contributed by atoms with Gasteiger partial charge in [-0.3, -0.25) is 4.79 Å². The molecule has 1 unspecified atom stereocenters. The molecule has 0 spiro atoms. The van der Waals surface area contributed by atoms with E-state index in [9.17, 15) is 19.8 Å². The van der Waals surface area contributed by atoms with Crippen LogP contribution < -0.4 is 15.4 Å². The Bertz CT molecular complexity index is 1050. The molecule has 0 fully saturated rings. The first kappa shape index (κ1) is 22.8. The number of phenols is 1. The third-order valence-electron chi connectivity index (χ3n) is 4.82. The van der Waals surface area contributed by atoms with Crippen molar-refractivity contribution in [3.63, 3.8) is 0 Å². The van der Waals surface area contributed by atoms with E-state index in [2.05, 4.69) is 10.6 Å². The zero-order valence-corrected chi connectivity index (χ0v) is 17.2. The molecule has 3 aromatic carbocycles. The summed E-state index contributed by atoms with van der Waals surface area (Å²) in [7, 11) is 0. The molecule has 8 heteroatoms. The van der Waals surface area contributed by atoms with Crippen molar-refractivity contribution in [3.05, 3.63) is 77.9 Å². The van der Waals surface area contributed by atoms with Gasteiger partial charge in [0.1, 0.15) is 18.1 Å². The molecule has 0 saturated carbocycles. The van der Waals surface area contributed by atoms with Crippen molar-refractivity contribution < 1.29 is 29.6 Å². The van der Waals surface area contributed by atoms with Gasteiger partial charge in [-0.05, 0) is 53.1 Å². The number of benzene rings is 3. The second kappa shape index (κ2) is 10.9. The predicted molar refractivity (Wildman–Crippen MR) is 120 cm³/mol. The lowest BCUT2D eigenvalue weighted by Crippen LogP contribution is -2.26. The van der Waals surface area contributed by atoms with Gasteiger partial charge in [0.05, 0.1) is 17.4 Å². The lowest BCUT2D eigenvalue weighted by molar-refractivity contribution is -0.105. The van der Waals surface area contributed by atoms with Crippen molar-refractivity contribution >= 4 is 18.1 Å². The van der Waals surface area contributed by atoms with Gasteiger partial charge < -0.3 is 30.7 Å². The highest BCUT2D eigenvalue weighted by Gasteiger charge is 2.10. The number of anilines is 1. The molecular weight excluding hydrogens is 412 g/mol. The van der Waals surface area contributed by atoms with Crippen LogP contribution in [0.1, 0.15) is 22.0 Å². The van der Waals surface area contributed by atoms with Crippen molar-refractivity contribution in [1.82, 2.24) is 5.32 Å². The predicted octanol–water partition coefficient (Wildman–Crippen LogP) is 3.03. The van der Waals surface area contributed by atoms with E-state index in [1.54, 1.807) is 30.3 Å². The van der Waals surface area contributed by atoms with Gasteiger partial charge in [-0.2, -0.15) is 0 Å². The molecule has 0 aliphatic rings. The number of amides is 1. The van der Waals surface area contributed by atoms with Gasteiger partial charge in [0.2, 0.25) is 6.41 Å². The fraction of sp³-hybridized carbons (Fsp3) is 0.167. The minimum atomic E-state index is -0.954. The number of carbonyl (C=O) groups excluding carboxylic acids is 1. The summed E-state index contributed by atoms with van der Waals surface area (Å²) in [4.78, 5) is 21.5. The number of carboxylic acids is 1. The Hall–Kier alpha value is -3.88. The highest BCUT2D eigenvalue weighted by atomic mass is 16.5. The summed E-state index contributed by atoms with van der Waals surface area (Å²) in [6.45, 7) is 1.18. The zero-order valence-electron chi connectivity index (χ0n) is 17.2. The smallest absolute Gasteiger partial charge is 0.335 e. The molecule has 1 atom stereocenters. The third kappa shape index (κ3) is 6.07. The van der Waals surface area contributed by atoms with Gasteiger partial charge in [-0.1, -0.05) is 30.3 Å². The molecule has 5 N–H and O–H groups in total. The Balaban J connectivity index is 1.43. The lowest BCUT2D eigenvalue weighted by Gasteiger charge is -2.14. The van der Waals surface area contributed by atoms with Gasteiger partial charge >= 0.3 is 5.97 Å². The molecule has 0 aromatic heterocycles. The molecule has 0 saturated heterocycles. The molecule has 0 bridgehead atoms. The van der Waals surface area contributed by atoms with Gasteiger partial charge in [0.25, 0.3) is 0 Å². The summed E-state index contributed by atoms with van der Waals surface area (Å²) < 4.78 is 5.70. The average molecular weight is 436 g/mol. The molecule has 0 heterocycles. The quantitative estimate of drug-likeness (QED) is 0.178. The molecule has 0 aliphatic heterocycles. The lowest BCUT2D eigenvalue weighted by atomic mass is 10.0. The Morgan fingerprint density at radius 2 is 1.66 bits per heavy atom. The monoisotopic (exact) mass is 436 g/mol. The molecule has 0 aliphatic carbocycles. The molecule has 166 valence electrons. The van der Waals surface area contributed by atoms with Crippen molar-refractivity contribution in [2.75, 3.05) is 25.0 Å². The van der Waals surface area contributed by atoms with Crippen molar-refractivity contribution in [1.29, 1.82) is 0 Å². The van der Waals surface area contributed by atoms with Crippen LogP contribution >= 0.6 is 0 Å². The molecule has 3 rings (SSSR count).